The van der Waals surface area contributed by atoms with Gasteiger partial charge in [0, 0.05) is 16.7 Å². The van der Waals surface area contributed by atoms with Gasteiger partial charge in [0.05, 0.1) is 5.69 Å². The summed E-state index contributed by atoms with van der Waals surface area (Å²) in [5, 5.41) is 6.79. The highest BCUT2D eigenvalue weighted by Gasteiger charge is 2.25. The summed E-state index contributed by atoms with van der Waals surface area (Å²) in [6.07, 6.45) is 0. The molecular formula is C25H18N2O6. The number of nitrogens with one attached hydrogen (secondary N) is 1. The maximum absolute atomic E-state index is 12.4. The summed E-state index contributed by atoms with van der Waals surface area (Å²) >= 11 is 0. The minimum Gasteiger partial charge on any atom is -0.482 e. The van der Waals surface area contributed by atoms with Crippen LogP contribution in [-0.2, 0) is 19.2 Å². The molecule has 33 heavy (non-hydrogen) atoms. The highest BCUT2D eigenvalue weighted by atomic mass is 16.7. The van der Waals surface area contributed by atoms with Crippen LogP contribution in [0.5, 0.6) is 5.75 Å². The molecule has 3 aromatic rings. The SMILES string of the molecule is O=C1COc2ccc(C(=O)COC(=O)CON=C3c4ccccc4-c4ccccc43)cc2N1. The normalized spacial score (nSPS) is 13.1. The van der Waals surface area contributed by atoms with Crippen LogP contribution in [0.4, 0.5) is 5.69 Å². The lowest BCUT2D eigenvalue weighted by atomic mass is 10.1. The highest BCUT2D eigenvalue weighted by molar-refractivity contribution is 6.24. The average molecular weight is 442 g/mol. The van der Waals surface area contributed by atoms with Gasteiger partial charge < -0.3 is 19.6 Å². The Bertz CT molecular complexity index is 1270. The smallest absolute Gasteiger partial charge is 0.347 e. The van der Waals surface area contributed by atoms with E-state index in [0.29, 0.717) is 17.1 Å². The molecular weight excluding hydrogens is 424 g/mol. The van der Waals surface area contributed by atoms with Crippen molar-refractivity contribution in [1.82, 2.24) is 0 Å². The first-order valence-corrected chi connectivity index (χ1v) is 10.2. The minimum absolute atomic E-state index is 0.0702. The van der Waals surface area contributed by atoms with E-state index >= 15 is 0 Å². The van der Waals surface area contributed by atoms with Crippen LogP contribution in [0.25, 0.3) is 11.1 Å². The second-order valence-electron chi connectivity index (χ2n) is 7.44. The van der Waals surface area contributed by atoms with Crippen LogP contribution in [0.1, 0.15) is 21.5 Å². The highest BCUT2D eigenvalue weighted by Crippen LogP contribution is 2.36. The number of ether oxygens (including phenoxy) is 2. The zero-order chi connectivity index (χ0) is 22.8. The van der Waals surface area contributed by atoms with E-state index in [1.54, 1.807) is 12.1 Å². The van der Waals surface area contributed by atoms with Crippen LogP contribution in [-0.4, -0.2) is 43.2 Å². The van der Waals surface area contributed by atoms with Crippen LogP contribution in [0, 0.1) is 0 Å². The lowest BCUT2D eigenvalue weighted by Gasteiger charge is -2.18. The molecule has 0 atom stereocenters. The number of ketones is 1. The van der Waals surface area contributed by atoms with Crippen LogP contribution in [0.3, 0.4) is 0 Å². The van der Waals surface area contributed by atoms with E-state index in [2.05, 4.69) is 10.5 Å². The Morgan fingerprint density at radius 1 is 0.909 bits per heavy atom. The van der Waals surface area contributed by atoms with Crippen LogP contribution < -0.4 is 10.1 Å². The molecule has 1 aliphatic carbocycles. The van der Waals surface area contributed by atoms with E-state index in [4.69, 9.17) is 14.3 Å². The number of carbonyl (C=O) groups is 3. The number of hydrogen-bond donors (Lipinski definition) is 1. The molecule has 164 valence electrons. The molecule has 5 rings (SSSR count). The standard InChI is InChI=1S/C25H18N2O6/c28-21(15-9-10-22-20(11-15)26-23(29)13-31-22)12-32-24(30)14-33-27-25-18-7-3-1-5-16(18)17-6-2-4-8-19(17)25/h1-11H,12-14H2,(H,26,29). The molecule has 8 nitrogen and oxygen atoms in total. The van der Waals surface area contributed by atoms with Gasteiger partial charge in [-0.25, -0.2) is 4.79 Å². The maximum atomic E-state index is 12.4. The molecule has 0 aromatic heterocycles. The third-order valence-corrected chi connectivity index (χ3v) is 5.29. The van der Waals surface area contributed by atoms with Crippen molar-refractivity contribution in [3.63, 3.8) is 0 Å². The number of fused-ring (bicyclic) bond motifs is 4. The zero-order valence-electron chi connectivity index (χ0n) is 17.4. The number of amides is 1. The molecule has 3 aromatic carbocycles. The molecule has 1 aliphatic heterocycles. The Balaban J connectivity index is 1.19. The van der Waals surface area contributed by atoms with Crippen molar-refractivity contribution in [2.45, 2.75) is 0 Å². The van der Waals surface area contributed by atoms with Gasteiger partial charge in [0.25, 0.3) is 5.91 Å². The van der Waals surface area contributed by atoms with E-state index in [-0.39, 0.29) is 18.1 Å². The number of rotatable bonds is 6. The van der Waals surface area contributed by atoms with Gasteiger partial charge in [0.2, 0.25) is 6.61 Å². The predicted molar refractivity (Wildman–Crippen MR) is 119 cm³/mol. The molecule has 1 heterocycles. The number of hydrogen-bond acceptors (Lipinski definition) is 7. The fraction of sp³-hybridized carbons (Fsp3) is 0.120. The second kappa shape index (κ2) is 8.58. The molecule has 0 fully saturated rings. The van der Waals surface area contributed by atoms with Crippen molar-refractivity contribution in [2.24, 2.45) is 5.16 Å². The lowest BCUT2D eigenvalue weighted by molar-refractivity contribution is -0.147. The molecule has 1 amide bonds. The van der Waals surface area contributed by atoms with Gasteiger partial charge in [-0.1, -0.05) is 53.7 Å². The first-order valence-electron chi connectivity index (χ1n) is 10.2. The summed E-state index contributed by atoms with van der Waals surface area (Å²) < 4.78 is 10.3. The molecule has 0 saturated heterocycles. The molecule has 0 bridgehead atoms. The topological polar surface area (TPSA) is 103 Å². The van der Waals surface area contributed by atoms with Gasteiger partial charge in [-0.2, -0.15) is 0 Å². The summed E-state index contributed by atoms with van der Waals surface area (Å²) in [5.74, 6) is -0.965. The third-order valence-electron chi connectivity index (χ3n) is 5.29. The first-order chi connectivity index (χ1) is 16.1. The van der Waals surface area contributed by atoms with Gasteiger partial charge in [-0.15, -0.1) is 0 Å². The van der Waals surface area contributed by atoms with Crippen molar-refractivity contribution in [3.8, 4) is 16.9 Å². The molecule has 0 unspecified atom stereocenters. The summed E-state index contributed by atoms with van der Waals surface area (Å²) in [5.41, 5.74) is 5.28. The Kier molecular flexibility index (Phi) is 5.32. The number of carbonyl (C=O) groups excluding carboxylic acids is 3. The van der Waals surface area contributed by atoms with Crippen molar-refractivity contribution in [3.05, 3.63) is 83.4 Å². The Morgan fingerprint density at radius 2 is 1.58 bits per heavy atom. The van der Waals surface area contributed by atoms with Crippen molar-refractivity contribution in [1.29, 1.82) is 0 Å². The maximum Gasteiger partial charge on any atom is 0.347 e. The molecule has 0 radical (unpaired) electrons. The number of anilines is 1. The van der Waals surface area contributed by atoms with Gasteiger partial charge in [-0.3, -0.25) is 9.59 Å². The molecule has 1 N–H and O–H groups in total. The number of benzene rings is 3. The second-order valence-corrected chi connectivity index (χ2v) is 7.44. The Labute approximate surface area is 188 Å². The van der Waals surface area contributed by atoms with Crippen molar-refractivity contribution < 1.29 is 28.7 Å². The third kappa shape index (κ3) is 4.06. The van der Waals surface area contributed by atoms with Crippen molar-refractivity contribution in [2.75, 3.05) is 25.1 Å². The number of nitrogens with zero attached hydrogens (tertiary/aromatic N) is 1. The minimum atomic E-state index is -0.720. The van der Waals surface area contributed by atoms with Crippen LogP contribution in [0.15, 0.2) is 71.9 Å². The first kappa shape index (κ1) is 20.4. The fourth-order valence-corrected chi connectivity index (χ4v) is 3.77. The van der Waals surface area contributed by atoms with E-state index in [0.717, 1.165) is 22.3 Å². The van der Waals surface area contributed by atoms with E-state index in [1.807, 2.05) is 48.5 Å². The molecule has 8 heteroatoms. The summed E-state index contributed by atoms with van der Waals surface area (Å²) in [4.78, 5) is 41.1. The zero-order valence-corrected chi connectivity index (χ0v) is 17.4. The monoisotopic (exact) mass is 442 g/mol. The fourth-order valence-electron chi connectivity index (χ4n) is 3.77. The number of esters is 1. The summed E-state index contributed by atoms with van der Waals surface area (Å²) in [6.45, 7) is -0.966. The van der Waals surface area contributed by atoms with Crippen LogP contribution in [0.2, 0.25) is 0 Å². The van der Waals surface area contributed by atoms with Gasteiger partial charge in [0.15, 0.2) is 19.0 Å². The van der Waals surface area contributed by atoms with E-state index in [1.165, 1.54) is 6.07 Å². The predicted octanol–water partition coefficient (Wildman–Crippen LogP) is 3.19. The summed E-state index contributed by atoms with van der Waals surface area (Å²) in [6, 6.07) is 20.3. The molecule has 2 aliphatic rings. The van der Waals surface area contributed by atoms with E-state index < -0.39 is 25.0 Å². The number of oxime groups is 1. The summed E-state index contributed by atoms with van der Waals surface area (Å²) in [7, 11) is 0. The largest absolute Gasteiger partial charge is 0.482 e. The molecule has 0 saturated carbocycles. The molecule has 0 spiro atoms. The van der Waals surface area contributed by atoms with Gasteiger partial charge >= 0.3 is 5.97 Å². The Hall–Kier alpha value is -4.46. The lowest BCUT2D eigenvalue weighted by Crippen LogP contribution is -2.25. The quantitative estimate of drug-likeness (QED) is 0.279. The van der Waals surface area contributed by atoms with Gasteiger partial charge in [-0.05, 0) is 29.3 Å². The Morgan fingerprint density at radius 3 is 2.27 bits per heavy atom. The van der Waals surface area contributed by atoms with Crippen molar-refractivity contribution >= 4 is 29.1 Å². The average Bonchev–Trinajstić information content (AvgIpc) is 3.16. The van der Waals surface area contributed by atoms with Crippen LogP contribution >= 0.6 is 0 Å². The van der Waals surface area contributed by atoms with E-state index in [9.17, 15) is 14.4 Å². The van der Waals surface area contributed by atoms with Gasteiger partial charge in [0.1, 0.15) is 11.5 Å². The number of Topliss-reactive ketones (excluding diaryl/α,β-unsaturated/α-hetero) is 1.